The van der Waals surface area contributed by atoms with Crippen LogP contribution in [0.5, 0.6) is 5.75 Å². The number of carbonyl (C=O) groups excluding carboxylic acids is 3. The minimum atomic E-state index is -3.88. The third-order valence-electron chi connectivity index (χ3n) is 9.94. The van der Waals surface area contributed by atoms with E-state index in [4.69, 9.17) is 33.1 Å². The third-order valence-corrected chi connectivity index (χ3v) is 13.9. The average Bonchev–Trinajstić information content (AvgIpc) is 3.79. The Labute approximate surface area is 298 Å². The van der Waals surface area contributed by atoms with Gasteiger partial charge >= 0.3 is 4.87 Å². The molecule has 2 bridgehead atoms. The van der Waals surface area contributed by atoms with Crippen molar-refractivity contribution in [3.8, 4) is 5.75 Å². The zero-order valence-corrected chi connectivity index (χ0v) is 29.1. The number of anilines is 2. The molecular weight excluding hydrogens is 731 g/mol. The smallest absolute Gasteiger partial charge is 0.305 e. The Morgan fingerprint density at radius 2 is 1.63 bits per heavy atom. The van der Waals surface area contributed by atoms with Crippen molar-refractivity contribution < 1.29 is 27.5 Å². The lowest BCUT2D eigenvalue weighted by molar-refractivity contribution is -0.123. The number of H-pyrrole nitrogens is 1. The molecule has 1 saturated heterocycles. The fourth-order valence-corrected chi connectivity index (χ4v) is 11.9. The topological polar surface area (TPSA) is 169 Å². The van der Waals surface area contributed by atoms with Gasteiger partial charge in [0.1, 0.15) is 5.75 Å². The molecule has 16 heteroatoms. The molecule has 4 N–H and O–H groups in total. The number of nitrogens with one attached hydrogen (secondary N) is 2. The Morgan fingerprint density at radius 1 is 0.959 bits per heavy atom. The Balaban J connectivity index is 1.11. The van der Waals surface area contributed by atoms with Gasteiger partial charge in [-0.2, -0.15) is 0 Å². The highest BCUT2D eigenvalue weighted by Crippen LogP contribution is 2.69. The zero-order valence-electron chi connectivity index (χ0n) is 25.2. The van der Waals surface area contributed by atoms with Gasteiger partial charge in [-0.15, -0.1) is 11.8 Å². The molecule has 2 saturated carbocycles. The van der Waals surface area contributed by atoms with Crippen LogP contribution in [0.2, 0.25) is 10.0 Å². The van der Waals surface area contributed by atoms with E-state index < -0.39 is 33.7 Å². The summed E-state index contributed by atoms with van der Waals surface area (Å²) in [5.41, 5.74) is 1.53. The van der Waals surface area contributed by atoms with E-state index in [1.807, 2.05) is 0 Å². The number of benzene rings is 3. The summed E-state index contributed by atoms with van der Waals surface area (Å²) in [4.78, 5) is 58.4. The molecule has 49 heavy (non-hydrogen) atoms. The van der Waals surface area contributed by atoms with Crippen LogP contribution in [0.4, 0.5) is 11.4 Å². The highest BCUT2D eigenvalue weighted by molar-refractivity contribution is 8.00. The first-order valence-electron chi connectivity index (χ1n) is 15.3. The van der Waals surface area contributed by atoms with Crippen LogP contribution in [-0.2, 0) is 24.4 Å². The monoisotopic (exact) mass is 756 g/mol. The molecule has 3 amide bonds. The molecule has 0 spiro atoms. The summed E-state index contributed by atoms with van der Waals surface area (Å²) < 4.78 is 29.2. The van der Waals surface area contributed by atoms with Crippen molar-refractivity contribution in [1.82, 2.24) is 4.98 Å². The maximum absolute atomic E-state index is 14.0. The number of primary sulfonamides is 1. The summed E-state index contributed by atoms with van der Waals surface area (Å²) in [7, 11) is -3.88. The van der Waals surface area contributed by atoms with Crippen LogP contribution in [-0.4, -0.2) is 43.0 Å². The van der Waals surface area contributed by atoms with Crippen LogP contribution in [0, 0.1) is 29.6 Å². The number of thiazole rings is 1. The van der Waals surface area contributed by atoms with Crippen molar-refractivity contribution in [2.75, 3.05) is 16.8 Å². The number of aromatic nitrogens is 1. The first kappa shape index (κ1) is 32.5. The van der Waals surface area contributed by atoms with Gasteiger partial charge in [0.2, 0.25) is 21.8 Å². The first-order valence-corrected chi connectivity index (χ1v) is 19.3. The van der Waals surface area contributed by atoms with E-state index in [2.05, 4.69) is 10.3 Å². The number of nitrogens with zero attached hydrogens (tertiary/aromatic N) is 1. The number of sulfonamides is 1. The van der Waals surface area contributed by atoms with Gasteiger partial charge in [0, 0.05) is 37.3 Å². The number of aromatic amines is 1. The fraction of sp³-hybridized carbons (Fsp3) is 0.273. The lowest BCUT2D eigenvalue weighted by atomic mass is 9.68. The Hall–Kier alpha value is -3.66. The number of amides is 3. The number of fused-ring (bicyclic) bond motifs is 9. The van der Waals surface area contributed by atoms with Crippen molar-refractivity contribution in [3.05, 3.63) is 96.9 Å². The van der Waals surface area contributed by atoms with E-state index in [9.17, 15) is 27.6 Å². The van der Waals surface area contributed by atoms with Crippen LogP contribution >= 0.6 is 46.3 Å². The first-order chi connectivity index (χ1) is 23.4. The molecule has 3 heterocycles. The van der Waals surface area contributed by atoms with Crippen LogP contribution < -0.4 is 25.0 Å². The highest BCUT2D eigenvalue weighted by Gasteiger charge is 2.69. The number of nitrogens with two attached hydrogens (primary N) is 1. The van der Waals surface area contributed by atoms with Crippen LogP contribution in [0.15, 0.2) is 81.4 Å². The van der Waals surface area contributed by atoms with E-state index in [1.54, 1.807) is 54.2 Å². The van der Waals surface area contributed by atoms with Crippen LogP contribution in [0.25, 0.3) is 0 Å². The standard InChI is InChI=1S/C33H26Cl2N4O7S3/c34-14-1-6-17(7-2-14)39-31(41)26-20-12-21(27(26)32(39)42)28-25(20)24(29-30(47-28)38-33(43)48-29)19-11-15(35)3-10-22(19)46-13-23(40)37-16-4-8-18(9-5-16)49(36,44)45/h1-11,20-21,24-28H,12-13H2,(H,37,40)(H,38,43)(H2,36,44,45)/t20-,21-,24-,25?,26?,27?,28?/m1/s1. The molecule has 4 aromatic rings. The number of halogens is 2. The largest absolute Gasteiger partial charge is 0.483 e. The molecule has 2 aliphatic carbocycles. The lowest BCUT2D eigenvalue weighted by Crippen LogP contribution is -2.42. The minimum Gasteiger partial charge on any atom is -0.483 e. The lowest BCUT2D eigenvalue weighted by Gasteiger charge is -2.43. The molecular formula is C33H26Cl2N4O7S3. The summed E-state index contributed by atoms with van der Waals surface area (Å²) >= 11 is 15.3. The van der Waals surface area contributed by atoms with Crippen LogP contribution in [0.3, 0.4) is 0 Å². The molecule has 7 atom stereocenters. The van der Waals surface area contributed by atoms with E-state index in [0.717, 1.165) is 21.2 Å². The predicted molar refractivity (Wildman–Crippen MR) is 186 cm³/mol. The molecule has 3 fully saturated rings. The maximum atomic E-state index is 14.0. The number of carbonyl (C=O) groups is 3. The molecule has 8 rings (SSSR count). The van der Waals surface area contributed by atoms with Gasteiger partial charge in [-0.3, -0.25) is 24.1 Å². The molecule has 0 radical (unpaired) electrons. The average molecular weight is 758 g/mol. The number of imide groups is 1. The number of hydrogen-bond donors (Lipinski definition) is 3. The predicted octanol–water partition coefficient (Wildman–Crippen LogP) is 5.09. The number of hydrogen-bond acceptors (Lipinski definition) is 9. The second-order valence-electron chi connectivity index (χ2n) is 12.5. The Bertz CT molecular complexity index is 2210. The van der Waals surface area contributed by atoms with Gasteiger partial charge in [-0.25, -0.2) is 13.6 Å². The Morgan fingerprint density at radius 3 is 2.33 bits per heavy atom. The molecule has 4 unspecified atom stereocenters. The third kappa shape index (κ3) is 5.49. The second kappa shape index (κ2) is 12.0. The molecule has 252 valence electrons. The maximum Gasteiger partial charge on any atom is 0.305 e. The quantitative estimate of drug-likeness (QED) is 0.219. The van der Waals surface area contributed by atoms with E-state index in [1.165, 1.54) is 29.2 Å². The summed E-state index contributed by atoms with van der Waals surface area (Å²) in [6, 6.07) is 17.2. The minimum absolute atomic E-state index is 0.0636. The fourth-order valence-electron chi connectivity index (χ4n) is 8.17. The summed E-state index contributed by atoms with van der Waals surface area (Å²) in [5.74, 6) is -2.26. The number of thioether (sulfide) groups is 1. The zero-order chi connectivity index (χ0) is 34.4. The number of rotatable bonds is 7. The number of ether oxygens (including phenoxy) is 1. The second-order valence-corrected chi connectivity index (χ2v) is 17.2. The highest BCUT2D eigenvalue weighted by atomic mass is 35.5. The van der Waals surface area contributed by atoms with Crippen molar-refractivity contribution >= 4 is 85.4 Å². The van der Waals surface area contributed by atoms with Gasteiger partial charge < -0.3 is 15.0 Å². The SMILES string of the molecule is NS(=O)(=O)c1ccc(NC(=O)COc2ccc(Cl)cc2[C@H]2c3sc(=O)[nH]c3SC3C2[C@H]2C[C@@H]3C3C(=O)N(c4ccc(Cl)cc4)C(=O)C32)cc1. The van der Waals surface area contributed by atoms with E-state index in [0.29, 0.717) is 39.2 Å². The summed E-state index contributed by atoms with van der Waals surface area (Å²) in [5, 5.41) is 9.44. The molecule has 1 aromatic heterocycles. The molecule has 3 aromatic carbocycles. The molecule has 2 aliphatic heterocycles. The van der Waals surface area contributed by atoms with Crippen molar-refractivity contribution in [2.45, 2.75) is 27.5 Å². The van der Waals surface area contributed by atoms with Crippen molar-refractivity contribution in [1.29, 1.82) is 0 Å². The van der Waals surface area contributed by atoms with Gasteiger partial charge in [0.05, 0.1) is 27.4 Å². The molecule has 11 nitrogen and oxygen atoms in total. The van der Waals surface area contributed by atoms with Gasteiger partial charge in [-0.1, -0.05) is 34.5 Å². The summed E-state index contributed by atoms with van der Waals surface area (Å²) in [6.07, 6.45) is 0.697. The van der Waals surface area contributed by atoms with E-state index >= 15 is 0 Å². The van der Waals surface area contributed by atoms with Gasteiger partial charge in [0.25, 0.3) is 5.91 Å². The van der Waals surface area contributed by atoms with E-state index in [-0.39, 0.29) is 51.2 Å². The summed E-state index contributed by atoms with van der Waals surface area (Å²) in [6.45, 7) is -0.378. The van der Waals surface area contributed by atoms with Gasteiger partial charge in [-0.05, 0) is 90.9 Å². The normalized spacial score (nSPS) is 26.8. The van der Waals surface area contributed by atoms with Crippen LogP contribution in [0.1, 0.15) is 22.8 Å². The van der Waals surface area contributed by atoms with Crippen molar-refractivity contribution in [3.63, 3.8) is 0 Å². The van der Waals surface area contributed by atoms with Gasteiger partial charge in [0.15, 0.2) is 6.61 Å². The molecule has 4 aliphatic rings. The van der Waals surface area contributed by atoms with Crippen molar-refractivity contribution in [2.24, 2.45) is 34.7 Å². The Kier molecular flexibility index (Phi) is 7.96.